The molecule has 1 N–H and O–H groups in total. The highest BCUT2D eigenvalue weighted by atomic mass is 16.2. The van der Waals surface area contributed by atoms with Crippen molar-refractivity contribution in [1.82, 2.24) is 10.2 Å². The van der Waals surface area contributed by atoms with Crippen molar-refractivity contribution < 1.29 is 4.79 Å². The van der Waals surface area contributed by atoms with Crippen molar-refractivity contribution in [2.24, 2.45) is 0 Å². The van der Waals surface area contributed by atoms with E-state index in [1.807, 2.05) is 4.90 Å². The Morgan fingerprint density at radius 1 is 1.38 bits per heavy atom. The number of amides is 1. The number of likely N-dealkylation sites (tertiary alicyclic amines) is 1. The first-order chi connectivity index (χ1) is 10.1. The molecule has 1 heterocycles. The van der Waals surface area contributed by atoms with Gasteiger partial charge >= 0.3 is 0 Å². The van der Waals surface area contributed by atoms with E-state index < -0.39 is 0 Å². The lowest BCUT2D eigenvalue weighted by Gasteiger charge is -2.39. The van der Waals surface area contributed by atoms with Crippen LogP contribution in [0.2, 0.25) is 0 Å². The fourth-order valence-electron chi connectivity index (χ4n) is 3.63. The van der Waals surface area contributed by atoms with E-state index in [9.17, 15) is 4.79 Å². The third-order valence-electron chi connectivity index (χ3n) is 4.84. The van der Waals surface area contributed by atoms with E-state index in [-0.39, 0.29) is 0 Å². The fourth-order valence-corrected chi connectivity index (χ4v) is 3.63. The molecule has 2 fully saturated rings. The number of carbonyl (C=O) groups excluding carboxylic acids is 1. The predicted molar refractivity (Wildman–Crippen MR) is 85.4 cm³/mol. The van der Waals surface area contributed by atoms with E-state index in [0.717, 1.165) is 25.9 Å². The lowest BCUT2D eigenvalue weighted by molar-refractivity contribution is -0.128. The molecule has 3 rings (SSSR count). The van der Waals surface area contributed by atoms with Crippen LogP contribution in [0.4, 0.5) is 0 Å². The molecule has 1 atom stereocenters. The molecule has 3 heteroatoms. The molecule has 0 bridgehead atoms. The topological polar surface area (TPSA) is 32.3 Å². The molecule has 1 aliphatic heterocycles. The first-order valence-electron chi connectivity index (χ1n) is 8.22. The monoisotopic (exact) mass is 286 g/mol. The molecule has 1 aromatic rings. The molecule has 0 radical (unpaired) electrons. The molecule has 0 spiro atoms. The molecule has 1 saturated carbocycles. The summed E-state index contributed by atoms with van der Waals surface area (Å²) in [6.45, 7) is 6.17. The van der Waals surface area contributed by atoms with Gasteiger partial charge in [-0.25, -0.2) is 0 Å². The highest BCUT2D eigenvalue weighted by Crippen LogP contribution is 2.37. The molecular formula is C18H26N2O. The normalized spacial score (nSPS) is 26.8. The van der Waals surface area contributed by atoms with Gasteiger partial charge in [0.25, 0.3) is 0 Å². The molecule has 1 aromatic carbocycles. The zero-order valence-electron chi connectivity index (χ0n) is 13.1. The van der Waals surface area contributed by atoms with Crippen LogP contribution in [-0.4, -0.2) is 36.0 Å². The third kappa shape index (κ3) is 3.46. The molecule has 114 valence electrons. The molecule has 2 aliphatic rings. The summed E-state index contributed by atoms with van der Waals surface area (Å²) < 4.78 is 0. The Balaban J connectivity index is 1.43. The highest BCUT2D eigenvalue weighted by molar-refractivity contribution is 5.78. The maximum atomic E-state index is 11.6. The smallest absolute Gasteiger partial charge is 0.222 e. The van der Waals surface area contributed by atoms with Crippen LogP contribution in [0.3, 0.4) is 0 Å². The second-order valence-electron chi connectivity index (χ2n) is 6.79. The zero-order chi connectivity index (χ0) is 14.8. The average Bonchev–Trinajstić information content (AvgIpc) is 2.79. The number of nitrogens with zero attached hydrogens (tertiary/aromatic N) is 1. The van der Waals surface area contributed by atoms with E-state index in [2.05, 4.69) is 43.4 Å². The van der Waals surface area contributed by atoms with E-state index in [1.54, 1.807) is 0 Å². The standard InChI is InChI=1S/C18H26N2O/c1-13-5-3-6-15(9-13)16-10-17(11-16)19-14(2)12-20-8-4-7-18(20)21/h3,5-6,9,14,16-17,19H,4,7-8,10-12H2,1-2H3. The SMILES string of the molecule is Cc1cccc(C2CC(NC(C)CN3CCCC3=O)C2)c1. The van der Waals surface area contributed by atoms with Crippen molar-refractivity contribution in [1.29, 1.82) is 0 Å². The quantitative estimate of drug-likeness (QED) is 0.902. The Hall–Kier alpha value is -1.35. The van der Waals surface area contributed by atoms with Gasteiger partial charge in [0.05, 0.1) is 0 Å². The predicted octanol–water partition coefficient (Wildman–Crippen LogP) is 2.84. The third-order valence-corrected chi connectivity index (χ3v) is 4.84. The zero-order valence-corrected chi connectivity index (χ0v) is 13.1. The van der Waals surface area contributed by atoms with Crippen molar-refractivity contribution in [2.45, 2.75) is 57.5 Å². The van der Waals surface area contributed by atoms with E-state index in [4.69, 9.17) is 0 Å². The van der Waals surface area contributed by atoms with Gasteiger partial charge < -0.3 is 10.2 Å². The van der Waals surface area contributed by atoms with Crippen LogP contribution in [-0.2, 0) is 4.79 Å². The molecule has 0 aromatic heterocycles. The van der Waals surface area contributed by atoms with Gasteiger partial charge in [0.2, 0.25) is 5.91 Å². The minimum atomic E-state index is 0.329. The number of rotatable bonds is 5. The average molecular weight is 286 g/mol. The summed E-state index contributed by atoms with van der Waals surface area (Å²) >= 11 is 0. The van der Waals surface area contributed by atoms with Crippen LogP contribution in [0, 0.1) is 6.92 Å². The van der Waals surface area contributed by atoms with E-state index in [1.165, 1.54) is 24.0 Å². The molecule has 1 aliphatic carbocycles. The Morgan fingerprint density at radius 3 is 2.86 bits per heavy atom. The fraction of sp³-hybridized carbons (Fsp3) is 0.611. The van der Waals surface area contributed by atoms with Gasteiger partial charge in [-0.1, -0.05) is 29.8 Å². The van der Waals surface area contributed by atoms with Gasteiger partial charge in [0.15, 0.2) is 0 Å². The number of nitrogens with one attached hydrogen (secondary N) is 1. The van der Waals surface area contributed by atoms with Crippen molar-refractivity contribution >= 4 is 5.91 Å². The maximum absolute atomic E-state index is 11.6. The van der Waals surface area contributed by atoms with Gasteiger partial charge in [-0.2, -0.15) is 0 Å². The second kappa shape index (κ2) is 6.18. The van der Waals surface area contributed by atoms with Crippen LogP contribution in [0.15, 0.2) is 24.3 Å². The Morgan fingerprint density at radius 2 is 2.19 bits per heavy atom. The largest absolute Gasteiger partial charge is 0.341 e. The Labute approximate surface area is 127 Å². The summed E-state index contributed by atoms with van der Waals surface area (Å²) in [5.74, 6) is 1.04. The molecule has 1 saturated heterocycles. The maximum Gasteiger partial charge on any atom is 0.222 e. The first-order valence-corrected chi connectivity index (χ1v) is 8.22. The van der Waals surface area contributed by atoms with Gasteiger partial charge in [-0.15, -0.1) is 0 Å². The summed E-state index contributed by atoms with van der Waals surface area (Å²) in [5.41, 5.74) is 2.83. The number of carbonyl (C=O) groups is 1. The van der Waals surface area contributed by atoms with Gasteiger partial charge in [0.1, 0.15) is 0 Å². The van der Waals surface area contributed by atoms with Crippen LogP contribution >= 0.6 is 0 Å². The van der Waals surface area contributed by atoms with Crippen molar-refractivity contribution in [3.8, 4) is 0 Å². The van der Waals surface area contributed by atoms with Crippen molar-refractivity contribution in [2.75, 3.05) is 13.1 Å². The lowest BCUT2D eigenvalue weighted by Crippen LogP contribution is -2.48. The summed E-state index contributed by atoms with van der Waals surface area (Å²) in [7, 11) is 0. The Bertz CT molecular complexity index is 508. The van der Waals surface area contributed by atoms with Gasteiger partial charge in [-0.05, 0) is 44.6 Å². The first kappa shape index (κ1) is 14.6. The van der Waals surface area contributed by atoms with Crippen molar-refractivity contribution in [3.05, 3.63) is 35.4 Å². The van der Waals surface area contributed by atoms with Crippen molar-refractivity contribution in [3.63, 3.8) is 0 Å². The molecule has 1 amide bonds. The van der Waals surface area contributed by atoms with Crippen LogP contribution in [0.25, 0.3) is 0 Å². The molecule has 3 nitrogen and oxygen atoms in total. The lowest BCUT2D eigenvalue weighted by atomic mass is 9.75. The van der Waals surface area contributed by atoms with Gasteiger partial charge in [0, 0.05) is 31.6 Å². The number of benzene rings is 1. The minimum absolute atomic E-state index is 0.329. The molecular weight excluding hydrogens is 260 g/mol. The van der Waals surface area contributed by atoms with Crippen LogP contribution < -0.4 is 5.32 Å². The number of aryl methyl sites for hydroxylation is 1. The molecule has 21 heavy (non-hydrogen) atoms. The highest BCUT2D eigenvalue weighted by Gasteiger charge is 2.31. The summed E-state index contributed by atoms with van der Waals surface area (Å²) in [6.07, 6.45) is 4.22. The number of hydrogen-bond acceptors (Lipinski definition) is 2. The van der Waals surface area contributed by atoms with Gasteiger partial charge in [-0.3, -0.25) is 4.79 Å². The van der Waals surface area contributed by atoms with Crippen LogP contribution in [0.1, 0.15) is 49.7 Å². The van der Waals surface area contributed by atoms with E-state index >= 15 is 0 Å². The summed E-state index contributed by atoms with van der Waals surface area (Å²) in [4.78, 5) is 13.7. The second-order valence-corrected chi connectivity index (χ2v) is 6.79. The van der Waals surface area contributed by atoms with E-state index in [0.29, 0.717) is 23.9 Å². The Kier molecular flexibility index (Phi) is 4.29. The summed E-state index contributed by atoms with van der Waals surface area (Å²) in [6, 6.07) is 9.90. The number of hydrogen-bond donors (Lipinski definition) is 1. The summed E-state index contributed by atoms with van der Waals surface area (Å²) in [5, 5.41) is 3.68. The molecule has 1 unspecified atom stereocenters. The van der Waals surface area contributed by atoms with Crippen LogP contribution in [0.5, 0.6) is 0 Å². The minimum Gasteiger partial charge on any atom is -0.341 e.